The van der Waals surface area contributed by atoms with Gasteiger partial charge in [0, 0.05) is 45.3 Å². The van der Waals surface area contributed by atoms with Gasteiger partial charge in [-0.25, -0.2) is 4.79 Å². The molecule has 0 spiro atoms. The smallest absolute Gasteiger partial charge is 0.321 e. The summed E-state index contributed by atoms with van der Waals surface area (Å²) < 4.78 is 0. The molecule has 2 saturated heterocycles. The number of piperazine rings is 1. The van der Waals surface area contributed by atoms with Gasteiger partial charge in [0.15, 0.2) is 0 Å². The molecule has 2 N–H and O–H groups in total. The number of amides is 4. The molecule has 0 aromatic carbocycles. The summed E-state index contributed by atoms with van der Waals surface area (Å²) >= 11 is 0. The first kappa shape index (κ1) is 20.4. The fourth-order valence-electron chi connectivity index (χ4n) is 3.43. The standard InChI is InChI=1S/C18H31N5O3/c1-3-7-19-18(26)20-16(24)13-21-9-11-22(12-10-21)14-17(25)23-8-5-4-6-15(23)2/h3,15H,1,4-14H2,2H3,(H2,19,20,24,26). The monoisotopic (exact) mass is 365 g/mol. The van der Waals surface area contributed by atoms with E-state index in [-0.39, 0.29) is 18.4 Å². The number of nitrogens with zero attached hydrogens (tertiary/aromatic N) is 3. The summed E-state index contributed by atoms with van der Waals surface area (Å²) in [5.74, 6) is -0.111. The molecule has 2 aliphatic rings. The number of urea groups is 1. The van der Waals surface area contributed by atoms with Crippen molar-refractivity contribution in [3.05, 3.63) is 12.7 Å². The molecule has 8 heteroatoms. The highest BCUT2D eigenvalue weighted by Gasteiger charge is 2.26. The molecule has 2 aliphatic heterocycles. The van der Waals surface area contributed by atoms with Crippen molar-refractivity contribution in [2.75, 3.05) is 52.4 Å². The number of hydrogen-bond donors (Lipinski definition) is 2. The Balaban J connectivity index is 1.66. The summed E-state index contributed by atoms with van der Waals surface area (Å²) in [5, 5.41) is 4.81. The lowest BCUT2D eigenvalue weighted by Crippen LogP contribution is -2.54. The van der Waals surface area contributed by atoms with Gasteiger partial charge in [0.25, 0.3) is 0 Å². The average molecular weight is 365 g/mol. The molecule has 4 amide bonds. The summed E-state index contributed by atoms with van der Waals surface area (Å²) in [6.07, 6.45) is 4.95. The molecule has 2 fully saturated rings. The fourth-order valence-corrected chi connectivity index (χ4v) is 3.43. The molecule has 146 valence electrons. The minimum absolute atomic E-state index is 0.187. The SMILES string of the molecule is C=CCNC(=O)NC(=O)CN1CCN(CC(=O)N2CCCCC2C)CC1. The van der Waals surface area contributed by atoms with E-state index in [1.54, 1.807) is 6.08 Å². The van der Waals surface area contributed by atoms with Gasteiger partial charge < -0.3 is 10.2 Å². The topological polar surface area (TPSA) is 85.0 Å². The predicted octanol–water partition coefficient (Wildman–Crippen LogP) is 0.0168. The third-order valence-corrected chi connectivity index (χ3v) is 4.97. The van der Waals surface area contributed by atoms with Gasteiger partial charge in [-0.3, -0.25) is 24.7 Å². The lowest BCUT2D eigenvalue weighted by molar-refractivity contribution is -0.136. The Morgan fingerprint density at radius 2 is 1.69 bits per heavy atom. The van der Waals surface area contributed by atoms with Gasteiger partial charge in [-0.2, -0.15) is 0 Å². The number of likely N-dealkylation sites (tertiary alicyclic amines) is 1. The summed E-state index contributed by atoms with van der Waals surface area (Å²) in [6.45, 7) is 10.4. The van der Waals surface area contributed by atoms with Gasteiger partial charge in [0.05, 0.1) is 13.1 Å². The van der Waals surface area contributed by atoms with E-state index < -0.39 is 6.03 Å². The van der Waals surface area contributed by atoms with Crippen LogP contribution in [0.15, 0.2) is 12.7 Å². The van der Waals surface area contributed by atoms with E-state index >= 15 is 0 Å². The van der Waals surface area contributed by atoms with Crippen molar-refractivity contribution >= 4 is 17.8 Å². The summed E-state index contributed by atoms with van der Waals surface area (Å²) in [7, 11) is 0. The van der Waals surface area contributed by atoms with E-state index in [1.165, 1.54) is 6.42 Å². The number of nitrogens with one attached hydrogen (secondary N) is 2. The summed E-state index contributed by atoms with van der Waals surface area (Å²) in [6, 6.07) is -0.164. The van der Waals surface area contributed by atoms with Gasteiger partial charge in [0.2, 0.25) is 11.8 Å². The Hall–Kier alpha value is -1.93. The molecule has 0 aromatic rings. The van der Waals surface area contributed by atoms with Crippen LogP contribution in [0, 0.1) is 0 Å². The number of carbonyl (C=O) groups excluding carboxylic acids is 3. The minimum atomic E-state index is -0.505. The molecule has 2 rings (SSSR count). The highest BCUT2D eigenvalue weighted by molar-refractivity contribution is 5.95. The van der Waals surface area contributed by atoms with E-state index in [0.717, 1.165) is 32.5 Å². The maximum absolute atomic E-state index is 12.5. The highest BCUT2D eigenvalue weighted by Crippen LogP contribution is 2.16. The number of hydrogen-bond acceptors (Lipinski definition) is 5. The van der Waals surface area contributed by atoms with Crippen LogP contribution >= 0.6 is 0 Å². The van der Waals surface area contributed by atoms with Gasteiger partial charge in [-0.1, -0.05) is 6.08 Å². The lowest BCUT2D eigenvalue weighted by atomic mass is 10.0. The van der Waals surface area contributed by atoms with Crippen molar-refractivity contribution in [1.29, 1.82) is 0 Å². The van der Waals surface area contributed by atoms with Crippen LogP contribution in [0.1, 0.15) is 26.2 Å². The van der Waals surface area contributed by atoms with Crippen molar-refractivity contribution in [3.8, 4) is 0 Å². The first-order valence-corrected chi connectivity index (χ1v) is 9.42. The Morgan fingerprint density at radius 1 is 1.04 bits per heavy atom. The third-order valence-electron chi connectivity index (χ3n) is 4.97. The maximum Gasteiger partial charge on any atom is 0.321 e. The van der Waals surface area contributed by atoms with Crippen molar-refractivity contribution in [2.45, 2.75) is 32.2 Å². The van der Waals surface area contributed by atoms with E-state index in [4.69, 9.17) is 0 Å². The van der Waals surface area contributed by atoms with Crippen LogP contribution in [-0.4, -0.2) is 90.9 Å². The quantitative estimate of drug-likeness (QED) is 0.648. The van der Waals surface area contributed by atoms with Crippen LogP contribution in [0.5, 0.6) is 0 Å². The Labute approximate surface area is 155 Å². The second kappa shape index (κ2) is 10.3. The van der Waals surface area contributed by atoms with Crippen LogP contribution in [0.25, 0.3) is 0 Å². The zero-order chi connectivity index (χ0) is 18.9. The largest absolute Gasteiger partial charge is 0.339 e. The van der Waals surface area contributed by atoms with Gasteiger partial charge in [0.1, 0.15) is 0 Å². The Kier molecular flexibility index (Phi) is 8.06. The first-order valence-electron chi connectivity index (χ1n) is 9.42. The molecule has 0 saturated carbocycles. The van der Waals surface area contributed by atoms with Crippen molar-refractivity contribution in [2.24, 2.45) is 0 Å². The second-order valence-corrected chi connectivity index (χ2v) is 7.03. The second-order valence-electron chi connectivity index (χ2n) is 7.03. The summed E-state index contributed by atoms with van der Waals surface area (Å²) in [5.41, 5.74) is 0. The fraction of sp³-hybridized carbons (Fsp3) is 0.722. The van der Waals surface area contributed by atoms with Gasteiger partial charge >= 0.3 is 6.03 Å². The van der Waals surface area contributed by atoms with E-state index in [1.807, 2.05) is 9.80 Å². The molecule has 2 heterocycles. The lowest BCUT2D eigenvalue weighted by Gasteiger charge is -2.37. The summed E-state index contributed by atoms with van der Waals surface area (Å²) in [4.78, 5) is 42.0. The van der Waals surface area contributed by atoms with Crippen LogP contribution in [0.2, 0.25) is 0 Å². The Morgan fingerprint density at radius 3 is 2.31 bits per heavy atom. The van der Waals surface area contributed by atoms with Crippen molar-refractivity contribution in [3.63, 3.8) is 0 Å². The van der Waals surface area contributed by atoms with E-state index in [0.29, 0.717) is 32.2 Å². The highest BCUT2D eigenvalue weighted by atomic mass is 16.2. The van der Waals surface area contributed by atoms with E-state index in [9.17, 15) is 14.4 Å². The maximum atomic E-state index is 12.5. The van der Waals surface area contributed by atoms with Crippen LogP contribution < -0.4 is 10.6 Å². The van der Waals surface area contributed by atoms with Crippen LogP contribution in [0.4, 0.5) is 4.79 Å². The van der Waals surface area contributed by atoms with Gasteiger partial charge in [-0.15, -0.1) is 6.58 Å². The molecule has 0 bridgehead atoms. The normalized spacial score (nSPS) is 21.9. The number of piperidine rings is 1. The molecule has 26 heavy (non-hydrogen) atoms. The van der Waals surface area contributed by atoms with E-state index in [2.05, 4.69) is 29.0 Å². The molecule has 1 atom stereocenters. The molecule has 8 nitrogen and oxygen atoms in total. The molecule has 0 aromatic heterocycles. The average Bonchev–Trinajstić information content (AvgIpc) is 2.61. The third kappa shape index (κ3) is 6.42. The first-order chi connectivity index (χ1) is 12.5. The molecule has 0 radical (unpaired) electrons. The van der Waals surface area contributed by atoms with Crippen LogP contribution in [-0.2, 0) is 9.59 Å². The van der Waals surface area contributed by atoms with Crippen molar-refractivity contribution in [1.82, 2.24) is 25.3 Å². The molecular formula is C18H31N5O3. The molecule has 0 aliphatic carbocycles. The predicted molar refractivity (Wildman–Crippen MR) is 99.6 cm³/mol. The molecular weight excluding hydrogens is 334 g/mol. The zero-order valence-corrected chi connectivity index (χ0v) is 15.7. The van der Waals surface area contributed by atoms with Crippen LogP contribution in [0.3, 0.4) is 0 Å². The number of imide groups is 1. The molecule has 1 unspecified atom stereocenters. The van der Waals surface area contributed by atoms with Gasteiger partial charge in [-0.05, 0) is 26.2 Å². The number of rotatable bonds is 6. The minimum Gasteiger partial charge on any atom is -0.339 e. The van der Waals surface area contributed by atoms with Crippen molar-refractivity contribution < 1.29 is 14.4 Å². The zero-order valence-electron chi connectivity index (χ0n) is 15.7. The Bertz CT molecular complexity index is 517. The number of carbonyl (C=O) groups is 3.